The lowest BCUT2D eigenvalue weighted by molar-refractivity contribution is 0.173. The average Bonchev–Trinajstić information content (AvgIpc) is 2.60. The molecule has 0 aliphatic heterocycles. The molecule has 0 fully saturated rings. The molecule has 0 aromatic carbocycles. The summed E-state index contributed by atoms with van der Waals surface area (Å²) >= 11 is 0. The van der Waals surface area contributed by atoms with Gasteiger partial charge in [0.1, 0.15) is 0 Å². The number of rotatable bonds is 19. The Kier molecular flexibility index (Phi) is 18.7. The van der Waals surface area contributed by atoms with Crippen LogP contribution >= 0.6 is 0 Å². The van der Waals surface area contributed by atoms with Crippen molar-refractivity contribution in [2.24, 2.45) is 11.8 Å². The summed E-state index contributed by atoms with van der Waals surface area (Å²) < 4.78 is 0. The Morgan fingerprint density at radius 3 is 1.28 bits per heavy atom. The maximum Gasteiger partial charge on any atom is 0.000977 e. The SMILES string of the molecule is CCCCCC(CCC)CN(CCCC)CC(CCC)CCCCC. The number of hydrogen-bond acceptors (Lipinski definition) is 1. The Bertz CT molecular complexity index is 228. The molecular formula is C24H51N. The second kappa shape index (κ2) is 18.7. The van der Waals surface area contributed by atoms with Gasteiger partial charge in [0.15, 0.2) is 0 Å². The maximum atomic E-state index is 2.86. The molecule has 1 heteroatoms. The van der Waals surface area contributed by atoms with Crippen molar-refractivity contribution in [1.82, 2.24) is 4.90 Å². The summed E-state index contributed by atoms with van der Waals surface area (Å²) in [5.41, 5.74) is 0. The highest BCUT2D eigenvalue weighted by molar-refractivity contribution is 4.71. The first-order chi connectivity index (χ1) is 12.2. The molecule has 0 saturated heterocycles. The molecule has 152 valence electrons. The van der Waals surface area contributed by atoms with Gasteiger partial charge in [-0.05, 0) is 50.5 Å². The molecule has 0 aliphatic carbocycles. The molecule has 0 amide bonds. The van der Waals surface area contributed by atoms with Crippen LogP contribution < -0.4 is 0 Å². The van der Waals surface area contributed by atoms with E-state index >= 15 is 0 Å². The number of hydrogen-bond donors (Lipinski definition) is 0. The molecule has 0 aliphatic rings. The molecule has 0 saturated carbocycles. The van der Waals surface area contributed by atoms with Gasteiger partial charge >= 0.3 is 0 Å². The van der Waals surface area contributed by atoms with Gasteiger partial charge in [-0.15, -0.1) is 0 Å². The second-order valence-electron chi connectivity index (χ2n) is 8.41. The largest absolute Gasteiger partial charge is 0.303 e. The molecule has 2 atom stereocenters. The molecule has 0 heterocycles. The molecule has 0 N–H and O–H groups in total. The molecule has 1 nitrogen and oxygen atoms in total. The minimum absolute atomic E-state index is 0.936. The van der Waals surface area contributed by atoms with Gasteiger partial charge in [0.05, 0.1) is 0 Å². The van der Waals surface area contributed by atoms with Gasteiger partial charge in [-0.2, -0.15) is 0 Å². The maximum absolute atomic E-state index is 2.86. The quantitative estimate of drug-likeness (QED) is 0.212. The van der Waals surface area contributed by atoms with E-state index in [0.717, 1.165) is 11.8 Å². The van der Waals surface area contributed by atoms with Gasteiger partial charge in [0.2, 0.25) is 0 Å². The van der Waals surface area contributed by atoms with E-state index in [1.165, 1.54) is 110 Å². The molecule has 0 aromatic heterocycles. The Labute approximate surface area is 161 Å². The standard InChI is InChI=1S/C24H51N/c1-6-11-14-18-23(16-9-4)21-25(20-13-8-3)22-24(17-10-5)19-15-12-7-2/h23-24H,6-22H2,1-5H3. The lowest BCUT2D eigenvalue weighted by atomic mass is 9.93. The normalized spacial score (nSPS) is 14.2. The first kappa shape index (κ1) is 25.0. The number of unbranched alkanes of at least 4 members (excludes halogenated alkanes) is 5. The molecule has 25 heavy (non-hydrogen) atoms. The Morgan fingerprint density at radius 2 is 0.920 bits per heavy atom. The van der Waals surface area contributed by atoms with Crippen molar-refractivity contribution in [2.45, 2.75) is 125 Å². The van der Waals surface area contributed by atoms with E-state index in [1.807, 2.05) is 0 Å². The van der Waals surface area contributed by atoms with Crippen LogP contribution in [0, 0.1) is 11.8 Å². The van der Waals surface area contributed by atoms with Crippen molar-refractivity contribution in [3.05, 3.63) is 0 Å². The van der Waals surface area contributed by atoms with Crippen LogP contribution in [0.1, 0.15) is 125 Å². The summed E-state index contributed by atoms with van der Waals surface area (Å²) in [6.45, 7) is 15.8. The molecule has 0 aromatic rings. The fourth-order valence-electron chi connectivity index (χ4n) is 4.21. The van der Waals surface area contributed by atoms with Gasteiger partial charge in [0.25, 0.3) is 0 Å². The molecule has 2 unspecified atom stereocenters. The van der Waals surface area contributed by atoms with Crippen molar-refractivity contribution >= 4 is 0 Å². The predicted octanol–water partition coefficient (Wildman–Crippen LogP) is 8.08. The summed E-state index contributed by atoms with van der Waals surface area (Å²) in [5.74, 6) is 1.87. The van der Waals surface area contributed by atoms with Crippen LogP contribution in [0.3, 0.4) is 0 Å². The van der Waals surface area contributed by atoms with E-state index in [-0.39, 0.29) is 0 Å². The van der Waals surface area contributed by atoms with Crippen LogP contribution in [0.25, 0.3) is 0 Å². The summed E-state index contributed by atoms with van der Waals surface area (Å²) in [6, 6.07) is 0. The Hall–Kier alpha value is -0.0400. The highest BCUT2D eigenvalue weighted by atomic mass is 15.1. The van der Waals surface area contributed by atoms with Crippen molar-refractivity contribution in [3.8, 4) is 0 Å². The Morgan fingerprint density at radius 1 is 0.480 bits per heavy atom. The molecule has 0 bridgehead atoms. The predicted molar refractivity (Wildman–Crippen MR) is 116 cm³/mol. The van der Waals surface area contributed by atoms with Crippen molar-refractivity contribution in [1.29, 1.82) is 0 Å². The van der Waals surface area contributed by atoms with Crippen molar-refractivity contribution < 1.29 is 0 Å². The minimum Gasteiger partial charge on any atom is -0.303 e. The zero-order valence-electron chi connectivity index (χ0n) is 18.6. The third-order valence-corrected chi connectivity index (χ3v) is 5.69. The fourth-order valence-corrected chi connectivity index (χ4v) is 4.21. The first-order valence-electron chi connectivity index (χ1n) is 11.9. The van der Waals surface area contributed by atoms with Crippen LogP contribution in [0.5, 0.6) is 0 Å². The third-order valence-electron chi connectivity index (χ3n) is 5.69. The second-order valence-corrected chi connectivity index (χ2v) is 8.41. The smallest absolute Gasteiger partial charge is 0.000977 e. The third kappa shape index (κ3) is 14.8. The van der Waals surface area contributed by atoms with Gasteiger partial charge in [-0.3, -0.25) is 0 Å². The highest BCUT2D eigenvalue weighted by Gasteiger charge is 2.17. The molecule has 0 spiro atoms. The zero-order chi connectivity index (χ0) is 18.8. The molecule has 0 radical (unpaired) electrons. The Balaban J connectivity index is 4.61. The minimum atomic E-state index is 0.936. The highest BCUT2D eigenvalue weighted by Crippen LogP contribution is 2.22. The van der Waals surface area contributed by atoms with E-state index in [9.17, 15) is 0 Å². The van der Waals surface area contributed by atoms with E-state index < -0.39 is 0 Å². The van der Waals surface area contributed by atoms with Gasteiger partial charge in [-0.25, -0.2) is 0 Å². The van der Waals surface area contributed by atoms with Crippen LogP contribution in [0.4, 0.5) is 0 Å². The molecular weight excluding hydrogens is 302 g/mol. The lowest BCUT2D eigenvalue weighted by Gasteiger charge is -2.31. The van der Waals surface area contributed by atoms with Gasteiger partial charge in [-0.1, -0.05) is 92.4 Å². The van der Waals surface area contributed by atoms with Gasteiger partial charge < -0.3 is 4.90 Å². The lowest BCUT2D eigenvalue weighted by Crippen LogP contribution is -2.35. The summed E-state index contributed by atoms with van der Waals surface area (Å²) in [4.78, 5) is 2.86. The number of nitrogens with zero attached hydrogens (tertiary/aromatic N) is 1. The van der Waals surface area contributed by atoms with Crippen LogP contribution in [0.15, 0.2) is 0 Å². The summed E-state index contributed by atoms with van der Waals surface area (Å²) in [6.07, 6.45) is 19.6. The van der Waals surface area contributed by atoms with Gasteiger partial charge in [0, 0.05) is 13.1 Å². The summed E-state index contributed by atoms with van der Waals surface area (Å²) in [7, 11) is 0. The van der Waals surface area contributed by atoms with E-state index in [1.54, 1.807) is 0 Å². The average molecular weight is 354 g/mol. The van der Waals surface area contributed by atoms with Crippen LogP contribution in [-0.4, -0.2) is 24.5 Å². The van der Waals surface area contributed by atoms with E-state index in [0.29, 0.717) is 0 Å². The van der Waals surface area contributed by atoms with Crippen molar-refractivity contribution in [3.63, 3.8) is 0 Å². The van der Waals surface area contributed by atoms with E-state index in [2.05, 4.69) is 39.5 Å². The zero-order valence-corrected chi connectivity index (χ0v) is 18.6. The van der Waals surface area contributed by atoms with Crippen molar-refractivity contribution in [2.75, 3.05) is 19.6 Å². The summed E-state index contributed by atoms with van der Waals surface area (Å²) in [5, 5.41) is 0. The topological polar surface area (TPSA) is 3.24 Å². The fraction of sp³-hybridized carbons (Fsp3) is 1.00. The van der Waals surface area contributed by atoms with Crippen LogP contribution in [0.2, 0.25) is 0 Å². The molecule has 0 rings (SSSR count). The van der Waals surface area contributed by atoms with E-state index in [4.69, 9.17) is 0 Å². The van der Waals surface area contributed by atoms with Crippen LogP contribution in [-0.2, 0) is 0 Å². The monoisotopic (exact) mass is 353 g/mol. The first-order valence-corrected chi connectivity index (χ1v) is 11.9.